The lowest BCUT2D eigenvalue weighted by molar-refractivity contribution is 0.0675. The lowest BCUT2D eigenvalue weighted by atomic mass is 10.2. The van der Waals surface area contributed by atoms with Crippen LogP contribution < -0.4 is 9.47 Å². The van der Waals surface area contributed by atoms with E-state index in [1.54, 1.807) is 0 Å². The van der Waals surface area contributed by atoms with Gasteiger partial charge in [-0.25, -0.2) is 0 Å². The van der Waals surface area contributed by atoms with Crippen molar-refractivity contribution in [3.05, 3.63) is 23.8 Å². The number of fused-ring (bicyclic) bond motifs is 1. The Balaban J connectivity index is 0.000000396. The van der Waals surface area contributed by atoms with Crippen molar-refractivity contribution >= 4 is 0 Å². The second-order valence-electron chi connectivity index (χ2n) is 2.71. The summed E-state index contributed by atoms with van der Waals surface area (Å²) in [5.74, 6) is 1.75. The van der Waals surface area contributed by atoms with Gasteiger partial charge in [0.1, 0.15) is 0 Å². The second-order valence-corrected chi connectivity index (χ2v) is 2.71. The van der Waals surface area contributed by atoms with Crippen LogP contribution in [0.25, 0.3) is 0 Å². The zero-order valence-corrected chi connectivity index (χ0v) is 8.63. The van der Waals surface area contributed by atoms with E-state index in [2.05, 4.69) is 0 Å². The molecule has 1 atom stereocenters. The SMILES string of the molecule is CC.Cc1cccc2c1OC(C)O2. The minimum absolute atomic E-state index is 0.133. The number of ether oxygens (including phenoxy) is 2. The van der Waals surface area contributed by atoms with Crippen LogP contribution in [-0.2, 0) is 0 Å². The van der Waals surface area contributed by atoms with Gasteiger partial charge in [0.05, 0.1) is 0 Å². The molecule has 0 fully saturated rings. The third-order valence-corrected chi connectivity index (χ3v) is 1.75. The number of hydrogen-bond donors (Lipinski definition) is 0. The molecule has 0 N–H and O–H groups in total. The fraction of sp³-hybridized carbons (Fsp3) is 0.455. The molecule has 0 saturated carbocycles. The van der Waals surface area contributed by atoms with E-state index >= 15 is 0 Å². The predicted molar refractivity (Wildman–Crippen MR) is 53.2 cm³/mol. The summed E-state index contributed by atoms with van der Waals surface area (Å²) < 4.78 is 10.8. The molecule has 72 valence electrons. The summed E-state index contributed by atoms with van der Waals surface area (Å²) in [6.45, 7) is 7.90. The summed E-state index contributed by atoms with van der Waals surface area (Å²) in [6, 6.07) is 5.90. The Bertz CT molecular complexity index is 281. The zero-order chi connectivity index (χ0) is 9.84. The van der Waals surface area contributed by atoms with E-state index in [-0.39, 0.29) is 6.29 Å². The Morgan fingerprint density at radius 1 is 1.15 bits per heavy atom. The van der Waals surface area contributed by atoms with Gasteiger partial charge in [-0.15, -0.1) is 0 Å². The van der Waals surface area contributed by atoms with Crippen molar-refractivity contribution in [2.75, 3.05) is 0 Å². The standard InChI is InChI=1S/C9H10O2.C2H6/c1-6-4-3-5-8-9(6)11-7(2)10-8;1-2/h3-5,7H,1-2H3;1-2H3. The molecular weight excluding hydrogens is 164 g/mol. The van der Waals surface area contributed by atoms with Gasteiger partial charge in [0.2, 0.25) is 6.29 Å². The van der Waals surface area contributed by atoms with Crippen LogP contribution in [0.5, 0.6) is 11.5 Å². The molecule has 2 rings (SSSR count). The Labute approximate surface area is 79.5 Å². The summed E-state index contributed by atoms with van der Waals surface area (Å²) in [4.78, 5) is 0. The fourth-order valence-corrected chi connectivity index (χ4v) is 1.24. The molecule has 0 spiro atoms. The lowest BCUT2D eigenvalue weighted by Gasteiger charge is -2.00. The maximum atomic E-state index is 5.42. The second kappa shape index (κ2) is 4.17. The minimum Gasteiger partial charge on any atom is -0.451 e. The molecule has 1 aliphatic rings. The van der Waals surface area contributed by atoms with Gasteiger partial charge in [0.15, 0.2) is 11.5 Å². The Morgan fingerprint density at radius 3 is 2.46 bits per heavy atom. The van der Waals surface area contributed by atoms with Crippen LogP contribution in [0, 0.1) is 6.92 Å². The molecule has 1 unspecified atom stereocenters. The first-order valence-corrected chi connectivity index (χ1v) is 4.70. The molecule has 1 heterocycles. The topological polar surface area (TPSA) is 18.5 Å². The van der Waals surface area contributed by atoms with Crippen LogP contribution in [0.4, 0.5) is 0 Å². The molecule has 1 aromatic carbocycles. The molecule has 1 aromatic rings. The van der Waals surface area contributed by atoms with Gasteiger partial charge in [-0.3, -0.25) is 0 Å². The lowest BCUT2D eigenvalue weighted by Crippen LogP contribution is -2.11. The fourth-order valence-electron chi connectivity index (χ4n) is 1.24. The Hall–Kier alpha value is -1.18. The molecule has 0 radical (unpaired) electrons. The smallest absolute Gasteiger partial charge is 0.238 e. The average Bonchev–Trinajstić information content (AvgIpc) is 2.51. The van der Waals surface area contributed by atoms with Gasteiger partial charge in [-0.1, -0.05) is 26.0 Å². The quantitative estimate of drug-likeness (QED) is 0.610. The van der Waals surface area contributed by atoms with Crippen molar-refractivity contribution in [1.82, 2.24) is 0 Å². The third kappa shape index (κ3) is 1.94. The van der Waals surface area contributed by atoms with E-state index in [9.17, 15) is 0 Å². The number of hydrogen-bond acceptors (Lipinski definition) is 2. The van der Waals surface area contributed by atoms with Gasteiger partial charge in [-0.2, -0.15) is 0 Å². The molecule has 0 aromatic heterocycles. The third-order valence-electron chi connectivity index (χ3n) is 1.75. The highest BCUT2D eigenvalue weighted by molar-refractivity contribution is 5.47. The van der Waals surface area contributed by atoms with Gasteiger partial charge < -0.3 is 9.47 Å². The molecule has 0 saturated heterocycles. The van der Waals surface area contributed by atoms with Gasteiger partial charge in [-0.05, 0) is 18.6 Å². The van der Waals surface area contributed by atoms with Crippen LogP contribution in [0.2, 0.25) is 0 Å². The predicted octanol–water partition coefficient (Wildman–Crippen LogP) is 3.14. The largest absolute Gasteiger partial charge is 0.451 e. The van der Waals surface area contributed by atoms with E-state index < -0.39 is 0 Å². The van der Waals surface area contributed by atoms with Crippen molar-refractivity contribution in [3.63, 3.8) is 0 Å². The van der Waals surface area contributed by atoms with E-state index in [1.165, 1.54) is 0 Å². The van der Waals surface area contributed by atoms with Crippen LogP contribution in [-0.4, -0.2) is 6.29 Å². The number of benzene rings is 1. The zero-order valence-electron chi connectivity index (χ0n) is 8.63. The Morgan fingerprint density at radius 2 is 1.85 bits per heavy atom. The van der Waals surface area contributed by atoms with Crippen molar-refractivity contribution in [3.8, 4) is 11.5 Å². The van der Waals surface area contributed by atoms with E-state index in [4.69, 9.17) is 9.47 Å². The summed E-state index contributed by atoms with van der Waals surface area (Å²) >= 11 is 0. The molecular formula is C11H16O2. The monoisotopic (exact) mass is 180 g/mol. The molecule has 1 aliphatic heterocycles. The summed E-state index contributed by atoms with van der Waals surface area (Å²) in [6.07, 6.45) is -0.133. The summed E-state index contributed by atoms with van der Waals surface area (Å²) in [7, 11) is 0. The number of rotatable bonds is 0. The molecule has 2 heteroatoms. The first-order valence-electron chi connectivity index (χ1n) is 4.70. The molecule has 0 bridgehead atoms. The van der Waals surface area contributed by atoms with Crippen molar-refractivity contribution < 1.29 is 9.47 Å². The average molecular weight is 180 g/mol. The first kappa shape index (κ1) is 9.90. The van der Waals surface area contributed by atoms with E-state index in [1.807, 2.05) is 45.9 Å². The van der Waals surface area contributed by atoms with E-state index in [0.717, 1.165) is 17.1 Å². The summed E-state index contributed by atoms with van der Waals surface area (Å²) in [5, 5.41) is 0. The highest BCUT2D eigenvalue weighted by Crippen LogP contribution is 2.36. The van der Waals surface area contributed by atoms with Gasteiger partial charge in [0, 0.05) is 6.92 Å². The first-order chi connectivity index (χ1) is 6.27. The van der Waals surface area contributed by atoms with Crippen LogP contribution >= 0.6 is 0 Å². The highest BCUT2D eigenvalue weighted by Gasteiger charge is 2.20. The van der Waals surface area contributed by atoms with Crippen molar-refractivity contribution in [1.29, 1.82) is 0 Å². The van der Waals surface area contributed by atoms with Crippen LogP contribution in [0.15, 0.2) is 18.2 Å². The highest BCUT2D eigenvalue weighted by atomic mass is 16.7. The normalized spacial score (nSPS) is 17.7. The van der Waals surface area contributed by atoms with Gasteiger partial charge >= 0.3 is 0 Å². The minimum atomic E-state index is -0.133. The van der Waals surface area contributed by atoms with Crippen LogP contribution in [0.3, 0.4) is 0 Å². The van der Waals surface area contributed by atoms with Crippen molar-refractivity contribution in [2.45, 2.75) is 34.0 Å². The van der Waals surface area contributed by atoms with E-state index in [0.29, 0.717) is 0 Å². The maximum Gasteiger partial charge on any atom is 0.238 e. The summed E-state index contributed by atoms with van der Waals surface area (Å²) in [5.41, 5.74) is 1.13. The molecule has 13 heavy (non-hydrogen) atoms. The van der Waals surface area contributed by atoms with Gasteiger partial charge in [0.25, 0.3) is 0 Å². The molecule has 0 aliphatic carbocycles. The number of aryl methyl sites for hydroxylation is 1. The molecule has 0 amide bonds. The number of para-hydroxylation sites is 1. The van der Waals surface area contributed by atoms with Crippen molar-refractivity contribution in [2.24, 2.45) is 0 Å². The van der Waals surface area contributed by atoms with Crippen LogP contribution in [0.1, 0.15) is 26.3 Å². The molecule has 2 nitrogen and oxygen atoms in total. The maximum absolute atomic E-state index is 5.42. The Kier molecular flexibility index (Phi) is 3.18.